The number of nitrogens with one attached hydrogen (secondary N) is 2. The summed E-state index contributed by atoms with van der Waals surface area (Å²) in [6.07, 6.45) is 4.20. The number of H-pyrrole nitrogens is 1. The molecule has 2 aromatic heterocycles. The third-order valence-corrected chi connectivity index (χ3v) is 2.22. The van der Waals surface area contributed by atoms with Crippen molar-refractivity contribution in [3.05, 3.63) is 12.7 Å². The molecule has 0 aliphatic heterocycles. The van der Waals surface area contributed by atoms with Crippen molar-refractivity contribution in [1.29, 1.82) is 0 Å². The second-order valence-corrected chi connectivity index (χ2v) is 3.28. The van der Waals surface area contributed by atoms with Crippen LogP contribution < -0.4 is 5.32 Å². The van der Waals surface area contributed by atoms with Crippen molar-refractivity contribution in [3.63, 3.8) is 0 Å². The molecule has 2 N–H and O–H groups in total. The van der Waals surface area contributed by atoms with Crippen LogP contribution in [0.15, 0.2) is 12.7 Å². The molecule has 2 rings (SSSR count). The zero-order valence-electron chi connectivity index (χ0n) is 8.28. The van der Waals surface area contributed by atoms with Gasteiger partial charge in [-0.25, -0.2) is 15.0 Å². The lowest BCUT2D eigenvalue weighted by molar-refractivity contribution is 0.760. The highest BCUT2D eigenvalue weighted by Crippen LogP contribution is 2.15. The van der Waals surface area contributed by atoms with E-state index in [-0.39, 0.29) is 0 Å². The van der Waals surface area contributed by atoms with Gasteiger partial charge in [-0.15, -0.1) is 0 Å². The molecule has 0 aliphatic carbocycles. The maximum atomic E-state index is 4.17. The molecule has 0 aliphatic rings. The molecule has 5 heteroatoms. The van der Waals surface area contributed by atoms with E-state index in [1.54, 1.807) is 6.33 Å². The molecule has 0 spiro atoms. The molecule has 0 aromatic carbocycles. The average Bonchev–Trinajstić information content (AvgIpc) is 2.66. The number of rotatable bonds is 3. The highest BCUT2D eigenvalue weighted by Gasteiger charge is 2.06. The van der Waals surface area contributed by atoms with E-state index >= 15 is 0 Å². The number of aromatic amines is 1. The van der Waals surface area contributed by atoms with Crippen LogP contribution in [0, 0.1) is 0 Å². The third-order valence-electron chi connectivity index (χ3n) is 2.22. The Labute approximate surface area is 82.0 Å². The minimum atomic E-state index is 0.399. The van der Waals surface area contributed by atoms with Gasteiger partial charge in [-0.2, -0.15) is 0 Å². The fraction of sp³-hybridized carbons (Fsp3) is 0.444. The number of anilines is 1. The number of hydrogen-bond donors (Lipinski definition) is 2. The van der Waals surface area contributed by atoms with Gasteiger partial charge < -0.3 is 10.3 Å². The quantitative estimate of drug-likeness (QED) is 0.772. The lowest BCUT2D eigenvalue weighted by Gasteiger charge is -2.11. The molecular weight excluding hydrogens is 178 g/mol. The lowest BCUT2D eigenvalue weighted by atomic mass is 10.2. The van der Waals surface area contributed by atoms with Gasteiger partial charge in [-0.3, -0.25) is 0 Å². The Kier molecular flexibility index (Phi) is 2.30. The maximum Gasteiger partial charge on any atom is 0.182 e. The second kappa shape index (κ2) is 3.61. The number of imidazole rings is 1. The second-order valence-electron chi connectivity index (χ2n) is 3.28. The zero-order valence-corrected chi connectivity index (χ0v) is 8.28. The summed E-state index contributed by atoms with van der Waals surface area (Å²) in [6.45, 7) is 4.24. The molecule has 2 heterocycles. The van der Waals surface area contributed by atoms with Gasteiger partial charge >= 0.3 is 0 Å². The molecule has 0 saturated carbocycles. The van der Waals surface area contributed by atoms with Crippen LogP contribution in [0.3, 0.4) is 0 Å². The maximum absolute atomic E-state index is 4.17. The first-order chi connectivity index (χ1) is 6.81. The van der Waals surface area contributed by atoms with Crippen LogP contribution >= 0.6 is 0 Å². The Bertz CT molecular complexity index is 422. The summed E-state index contributed by atoms with van der Waals surface area (Å²) >= 11 is 0. The molecule has 1 atom stereocenters. The standard InChI is InChI=1S/C9H13N5/c1-3-6(2)14-9-7-8(11-4-10-7)12-5-13-9/h4-6H,3H2,1-2H3,(H2,10,11,12,13,14). The van der Waals surface area contributed by atoms with E-state index in [0.717, 1.165) is 17.8 Å². The average molecular weight is 191 g/mol. The van der Waals surface area contributed by atoms with Crippen LogP contribution in [-0.2, 0) is 0 Å². The third kappa shape index (κ3) is 1.53. The van der Waals surface area contributed by atoms with Gasteiger partial charge in [0.1, 0.15) is 11.8 Å². The van der Waals surface area contributed by atoms with Gasteiger partial charge in [0.2, 0.25) is 0 Å². The molecule has 0 amide bonds. The summed E-state index contributed by atoms with van der Waals surface area (Å²) in [5.74, 6) is 0.821. The predicted octanol–water partition coefficient (Wildman–Crippen LogP) is 1.56. The van der Waals surface area contributed by atoms with Crippen molar-refractivity contribution < 1.29 is 0 Å². The summed E-state index contributed by atoms with van der Waals surface area (Å²) in [5, 5.41) is 3.30. The van der Waals surface area contributed by atoms with Crippen LogP contribution in [0.1, 0.15) is 20.3 Å². The van der Waals surface area contributed by atoms with Gasteiger partial charge in [-0.1, -0.05) is 6.92 Å². The van der Waals surface area contributed by atoms with E-state index in [1.807, 2.05) is 0 Å². The van der Waals surface area contributed by atoms with E-state index in [4.69, 9.17) is 0 Å². The molecule has 2 aromatic rings. The molecule has 5 nitrogen and oxygen atoms in total. The molecule has 1 unspecified atom stereocenters. The van der Waals surface area contributed by atoms with Crippen molar-refractivity contribution in [2.24, 2.45) is 0 Å². The molecule has 74 valence electrons. The van der Waals surface area contributed by atoms with Crippen LogP contribution in [0.25, 0.3) is 11.2 Å². The van der Waals surface area contributed by atoms with Crippen molar-refractivity contribution in [1.82, 2.24) is 19.9 Å². The van der Waals surface area contributed by atoms with Crippen molar-refractivity contribution in [2.45, 2.75) is 26.3 Å². The van der Waals surface area contributed by atoms with E-state index in [2.05, 4.69) is 39.1 Å². The summed E-state index contributed by atoms with van der Waals surface area (Å²) in [5.41, 5.74) is 1.57. The van der Waals surface area contributed by atoms with Crippen LogP contribution in [0.2, 0.25) is 0 Å². The fourth-order valence-electron chi connectivity index (χ4n) is 1.21. The first kappa shape index (κ1) is 8.93. The summed E-state index contributed by atoms with van der Waals surface area (Å²) in [7, 11) is 0. The Balaban J connectivity index is 2.36. The normalized spacial score (nSPS) is 13.0. The first-order valence-corrected chi connectivity index (χ1v) is 4.72. The molecule has 0 radical (unpaired) electrons. The van der Waals surface area contributed by atoms with Crippen molar-refractivity contribution >= 4 is 17.0 Å². The molecule has 0 bridgehead atoms. The number of nitrogens with zero attached hydrogens (tertiary/aromatic N) is 3. The largest absolute Gasteiger partial charge is 0.366 e. The molecule has 0 fully saturated rings. The van der Waals surface area contributed by atoms with Gasteiger partial charge in [0, 0.05) is 6.04 Å². The van der Waals surface area contributed by atoms with Gasteiger partial charge in [0.25, 0.3) is 0 Å². The Morgan fingerprint density at radius 2 is 2.29 bits per heavy atom. The van der Waals surface area contributed by atoms with Crippen molar-refractivity contribution in [2.75, 3.05) is 5.32 Å². The summed E-state index contributed by atoms with van der Waals surface area (Å²) in [6, 6.07) is 0.399. The number of aromatic nitrogens is 4. The van der Waals surface area contributed by atoms with Crippen LogP contribution in [0.4, 0.5) is 5.82 Å². The van der Waals surface area contributed by atoms with E-state index in [9.17, 15) is 0 Å². The Morgan fingerprint density at radius 3 is 3.07 bits per heavy atom. The lowest BCUT2D eigenvalue weighted by Crippen LogP contribution is -2.14. The predicted molar refractivity (Wildman–Crippen MR) is 55.1 cm³/mol. The van der Waals surface area contributed by atoms with E-state index in [0.29, 0.717) is 11.7 Å². The molecule has 14 heavy (non-hydrogen) atoms. The number of hydrogen-bond acceptors (Lipinski definition) is 4. The summed E-state index contributed by atoms with van der Waals surface area (Å²) in [4.78, 5) is 15.3. The Morgan fingerprint density at radius 1 is 1.43 bits per heavy atom. The van der Waals surface area contributed by atoms with Gasteiger partial charge in [0.05, 0.1) is 6.33 Å². The minimum absolute atomic E-state index is 0.399. The van der Waals surface area contributed by atoms with Gasteiger partial charge in [0.15, 0.2) is 11.5 Å². The zero-order chi connectivity index (χ0) is 9.97. The number of fused-ring (bicyclic) bond motifs is 1. The topological polar surface area (TPSA) is 66.5 Å². The van der Waals surface area contributed by atoms with Gasteiger partial charge in [-0.05, 0) is 13.3 Å². The highest BCUT2D eigenvalue weighted by atomic mass is 15.1. The van der Waals surface area contributed by atoms with Crippen molar-refractivity contribution in [3.8, 4) is 0 Å². The van der Waals surface area contributed by atoms with Crippen LogP contribution in [-0.4, -0.2) is 26.0 Å². The van der Waals surface area contributed by atoms with Crippen LogP contribution in [0.5, 0.6) is 0 Å². The highest BCUT2D eigenvalue weighted by molar-refractivity contribution is 5.81. The molecule has 0 saturated heterocycles. The monoisotopic (exact) mass is 191 g/mol. The SMILES string of the molecule is CCC(C)Nc1ncnc2nc[nH]c12. The smallest absolute Gasteiger partial charge is 0.182 e. The molecular formula is C9H13N5. The minimum Gasteiger partial charge on any atom is -0.366 e. The van der Waals surface area contributed by atoms with E-state index in [1.165, 1.54) is 6.33 Å². The Hall–Kier alpha value is -1.65. The fourth-order valence-corrected chi connectivity index (χ4v) is 1.21. The summed E-state index contributed by atoms with van der Waals surface area (Å²) < 4.78 is 0. The van der Waals surface area contributed by atoms with E-state index < -0.39 is 0 Å². The first-order valence-electron chi connectivity index (χ1n) is 4.72.